The molecule has 0 saturated heterocycles. The minimum absolute atomic E-state index is 0.208. The van der Waals surface area contributed by atoms with Crippen LogP contribution in [0.5, 0.6) is 5.75 Å². The molecular formula is C13H18ClNOS. The molecule has 0 radical (unpaired) electrons. The van der Waals surface area contributed by atoms with Crippen LogP contribution in [0.4, 0.5) is 0 Å². The van der Waals surface area contributed by atoms with Crippen LogP contribution >= 0.6 is 23.8 Å². The van der Waals surface area contributed by atoms with E-state index in [1.165, 1.54) is 0 Å². The van der Waals surface area contributed by atoms with Gasteiger partial charge in [-0.3, -0.25) is 0 Å². The fourth-order valence-electron chi connectivity index (χ4n) is 2.14. The summed E-state index contributed by atoms with van der Waals surface area (Å²) in [5.74, 6) is 1.09. The molecule has 0 aliphatic carbocycles. The maximum Gasteiger partial charge on any atom is 0.125 e. The lowest BCUT2D eigenvalue weighted by molar-refractivity contribution is 0.403. The highest BCUT2D eigenvalue weighted by molar-refractivity contribution is 7.80. The van der Waals surface area contributed by atoms with Crippen LogP contribution in [-0.4, -0.2) is 12.1 Å². The van der Waals surface area contributed by atoms with Crippen molar-refractivity contribution < 1.29 is 4.74 Å². The molecule has 1 unspecified atom stereocenters. The number of benzene rings is 1. The van der Waals surface area contributed by atoms with Crippen molar-refractivity contribution in [2.45, 2.75) is 33.1 Å². The van der Waals surface area contributed by atoms with E-state index in [0.717, 1.165) is 27.5 Å². The summed E-state index contributed by atoms with van der Waals surface area (Å²) in [5.41, 5.74) is 8.78. The Morgan fingerprint density at radius 3 is 2.59 bits per heavy atom. The molecule has 0 heterocycles. The summed E-state index contributed by atoms with van der Waals surface area (Å²) in [6.07, 6.45) is 0.659. The van der Waals surface area contributed by atoms with Gasteiger partial charge < -0.3 is 10.5 Å². The van der Waals surface area contributed by atoms with Crippen molar-refractivity contribution >= 4 is 28.8 Å². The molecule has 1 atom stereocenters. The number of rotatable bonds is 4. The molecule has 1 rings (SSSR count). The third-order valence-corrected chi connectivity index (χ3v) is 3.47. The molecule has 0 amide bonds. The van der Waals surface area contributed by atoms with Crippen LogP contribution in [0.25, 0.3) is 0 Å². The summed E-state index contributed by atoms with van der Waals surface area (Å²) in [4.78, 5) is 0.511. The summed E-state index contributed by atoms with van der Waals surface area (Å²) in [7, 11) is 1.67. The maximum absolute atomic E-state index is 6.21. The number of ether oxygens (including phenoxy) is 1. The molecule has 0 aliphatic rings. The number of methoxy groups -OCH3 is 1. The van der Waals surface area contributed by atoms with E-state index in [4.69, 9.17) is 34.3 Å². The van der Waals surface area contributed by atoms with Gasteiger partial charge >= 0.3 is 0 Å². The SMILES string of the molecule is COc1c(C)cc(Cl)c(C)c1C(C)CC(N)=S. The topological polar surface area (TPSA) is 35.2 Å². The lowest BCUT2D eigenvalue weighted by Gasteiger charge is -2.20. The molecular weight excluding hydrogens is 254 g/mol. The van der Waals surface area contributed by atoms with Gasteiger partial charge in [-0.05, 0) is 37.0 Å². The minimum Gasteiger partial charge on any atom is -0.496 e. The molecule has 17 heavy (non-hydrogen) atoms. The van der Waals surface area contributed by atoms with Crippen molar-refractivity contribution in [1.29, 1.82) is 0 Å². The zero-order valence-corrected chi connectivity index (χ0v) is 12.2. The Morgan fingerprint density at radius 1 is 1.53 bits per heavy atom. The first kappa shape index (κ1) is 14.3. The van der Waals surface area contributed by atoms with Crippen molar-refractivity contribution in [2.24, 2.45) is 5.73 Å². The largest absolute Gasteiger partial charge is 0.496 e. The summed E-state index contributed by atoms with van der Waals surface area (Å²) in [6, 6.07) is 1.92. The monoisotopic (exact) mass is 271 g/mol. The second-order valence-corrected chi connectivity index (χ2v) is 5.25. The van der Waals surface area contributed by atoms with Crippen LogP contribution in [0.1, 0.15) is 36.0 Å². The van der Waals surface area contributed by atoms with Crippen molar-refractivity contribution in [3.63, 3.8) is 0 Å². The Bertz CT molecular complexity index is 446. The van der Waals surface area contributed by atoms with Crippen molar-refractivity contribution in [1.82, 2.24) is 0 Å². The second kappa shape index (κ2) is 5.69. The average Bonchev–Trinajstić information content (AvgIpc) is 2.21. The fraction of sp³-hybridized carbons (Fsp3) is 0.462. The van der Waals surface area contributed by atoms with Crippen LogP contribution in [0, 0.1) is 13.8 Å². The van der Waals surface area contributed by atoms with Crippen LogP contribution < -0.4 is 10.5 Å². The van der Waals surface area contributed by atoms with Gasteiger partial charge in [-0.2, -0.15) is 0 Å². The predicted octanol–water partition coefficient (Wildman–Crippen LogP) is 3.75. The van der Waals surface area contributed by atoms with Gasteiger partial charge in [0.2, 0.25) is 0 Å². The Balaban J connectivity index is 3.33. The Labute approximate surface area is 113 Å². The Kier molecular flexibility index (Phi) is 4.78. The molecule has 0 saturated carbocycles. The molecule has 2 N–H and O–H groups in total. The Morgan fingerprint density at radius 2 is 2.12 bits per heavy atom. The van der Waals surface area contributed by atoms with Gasteiger partial charge in [0.25, 0.3) is 0 Å². The van der Waals surface area contributed by atoms with Crippen LogP contribution in [0.15, 0.2) is 6.07 Å². The first-order chi connectivity index (χ1) is 7.88. The first-order valence-electron chi connectivity index (χ1n) is 5.50. The minimum atomic E-state index is 0.208. The number of aryl methyl sites for hydroxylation is 1. The third kappa shape index (κ3) is 3.11. The normalized spacial score (nSPS) is 12.3. The molecule has 1 aromatic rings. The van der Waals surface area contributed by atoms with Crippen LogP contribution in [-0.2, 0) is 0 Å². The summed E-state index contributed by atoms with van der Waals surface area (Å²) in [6.45, 7) is 6.07. The van der Waals surface area contributed by atoms with E-state index in [0.29, 0.717) is 11.4 Å². The van der Waals surface area contributed by atoms with E-state index < -0.39 is 0 Å². The fourth-order valence-corrected chi connectivity index (χ4v) is 2.66. The lowest BCUT2D eigenvalue weighted by Crippen LogP contribution is -2.13. The molecule has 0 spiro atoms. The highest BCUT2D eigenvalue weighted by Gasteiger charge is 2.19. The van der Waals surface area contributed by atoms with Gasteiger partial charge in [0, 0.05) is 17.0 Å². The second-order valence-electron chi connectivity index (χ2n) is 4.32. The number of halogens is 1. The molecule has 0 aromatic heterocycles. The van der Waals surface area contributed by atoms with Gasteiger partial charge in [-0.25, -0.2) is 0 Å². The molecule has 4 heteroatoms. The predicted molar refractivity (Wildman–Crippen MR) is 77.3 cm³/mol. The zero-order chi connectivity index (χ0) is 13.2. The molecule has 0 aliphatic heterocycles. The van der Waals surface area contributed by atoms with Crippen LogP contribution in [0.2, 0.25) is 5.02 Å². The third-order valence-electron chi connectivity index (χ3n) is 2.91. The summed E-state index contributed by atoms with van der Waals surface area (Å²) in [5, 5.41) is 0.757. The molecule has 0 bridgehead atoms. The summed E-state index contributed by atoms with van der Waals surface area (Å²) < 4.78 is 5.47. The number of hydrogen-bond donors (Lipinski definition) is 1. The van der Waals surface area contributed by atoms with E-state index in [-0.39, 0.29) is 5.92 Å². The van der Waals surface area contributed by atoms with Gasteiger partial charge in [0.15, 0.2) is 0 Å². The van der Waals surface area contributed by atoms with Gasteiger partial charge in [-0.1, -0.05) is 30.7 Å². The lowest BCUT2D eigenvalue weighted by atomic mass is 9.91. The van der Waals surface area contributed by atoms with Gasteiger partial charge in [-0.15, -0.1) is 0 Å². The van der Waals surface area contributed by atoms with E-state index in [2.05, 4.69) is 6.92 Å². The maximum atomic E-state index is 6.21. The van der Waals surface area contributed by atoms with E-state index in [1.54, 1.807) is 7.11 Å². The quantitative estimate of drug-likeness (QED) is 0.847. The van der Waals surface area contributed by atoms with Crippen LogP contribution in [0.3, 0.4) is 0 Å². The zero-order valence-electron chi connectivity index (χ0n) is 10.6. The molecule has 1 aromatic carbocycles. The number of nitrogens with two attached hydrogens (primary N) is 1. The standard InChI is InChI=1S/C13H18ClNOS/c1-7(6-11(15)17)12-9(3)10(14)5-8(2)13(12)16-4/h5,7H,6H2,1-4H3,(H2,15,17). The van der Waals surface area contributed by atoms with Gasteiger partial charge in [0.05, 0.1) is 12.1 Å². The molecule has 94 valence electrons. The van der Waals surface area contributed by atoms with E-state index in [1.807, 2.05) is 19.9 Å². The smallest absolute Gasteiger partial charge is 0.125 e. The first-order valence-corrected chi connectivity index (χ1v) is 6.29. The highest BCUT2D eigenvalue weighted by atomic mass is 35.5. The number of hydrogen-bond acceptors (Lipinski definition) is 2. The van der Waals surface area contributed by atoms with E-state index in [9.17, 15) is 0 Å². The molecule has 2 nitrogen and oxygen atoms in total. The van der Waals surface area contributed by atoms with Gasteiger partial charge in [0.1, 0.15) is 5.75 Å². The Hall–Kier alpha value is -0.800. The number of thiocarbonyl (C=S) groups is 1. The van der Waals surface area contributed by atoms with Crippen molar-refractivity contribution in [3.05, 3.63) is 27.8 Å². The van der Waals surface area contributed by atoms with Crippen molar-refractivity contribution in [2.75, 3.05) is 7.11 Å². The molecule has 0 fully saturated rings. The summed E-state index contributed by atoms with van der Waals surface area (Å²) >= 11 is 11.2. The highest BCUT2D eigenvalue weighted by Crippen LogP contribution is 2.38. The van der Waals surface area contributed by atoms with E-state index >= 15 is 0 Å². The average molecular weight is 272 g/mol. The van der Waals surface area contributed by atoms with Crippen molar-refractivity contribution in [3.8, 4) is 5.75 Å².